The Morgan fingerprint density at radius 1 is 1.70 bits per heavy atom. The molecule has 1 aromatic rings. The molecule has 1 aromatic heterocycles. The van der Waals surface area contributed by atoms with Crippen LogP contribution in [0.5, 0.6) is 0 Å². The first-order valence-corrected chi connectivity index (χ1v) is 6.79. The minimum atomic E-state index is -3.33. The molecule has 2 rings (SSSR count). The molecule has 1 fully saturated rings. The van der Waals surface area contributed by atoms with Gasteiger partial charge in [0.25, 0.3) is 5.92 Å². The van der Waals surface area contributed by atoms with Crippen molar-refractivity contribution in [3.8, 4) is 0 Å². The summed E-state index contributed by atoms with van der Waals surface area (Å²) >= 11 is 0. The molecule has 0 bridgehead atoms. The number of halogens is 2. The van der Waals surface area contributed by atoms with Gasteiger partial charge in [0.2, 0.25) is 6.23 Å². The van der Waals surface area contributed by atoms with E-state index in [9.17, 15) is 18.1 Å². The van der Waals surface area contributed by atoms with Crippen LogP contribution in [-0.2, 0) is 13.8 Å². The first kappa shape index (κ1) is 15.0. The Hall–Kier alpha value is -1.35. The SMILES string of the molecule is Nc1ccn([C@@H]2O[C@H](CO[PH](=O)O)CC2(F)F)c(=O)n1. The summed E-state index contributed by atoms with van der Waals surface area (Å²) in [6.45, 7) is -0.461. The van der Waals surface area contributed by atoms with E-state index in [1.54, 1.807) is 0 Å². The highest BCUT2D eigenvalue weighted by Gasteiger charge is 2.51. The second-order valence-electron chi connectivity index (χ2n) is 4.19. The summed E-state index contributed by atoms with van der Waals surface area (Å²) in [6, 6.07) is 1.19. The zero-order valence-corrected chi connectivity index (χ0v) is 11.0. The largest absolute Gasteiger partial charge is 0.383 e. The van der Waals surface area contributed by atoms with Gasteiger partial charge >= 0.3 is 13.9 Å². The van der Waals surface area contributed by atoms with Gasteiger partial charge in [-0.05, 0) is 6.07 Å². The normalized spacial score (nSPS) is 26.6. The summed E-state index contributed by atoms with van der Waals surface area (Å²) in [4.78, 5) is 23.4. The molecule has 0 amide bonds. The zero-order chi connectivity index (χ0) is 14.9. The lowest BCUT2D eigenvalue weighted by Crippen LogP contribution is -2.35. The molecule has 1 saturated heterocycles. The van der Waals surface area contributed by atoms with Gasteiger partial charge in [0.05, 0.1) is 12.7 Å². The van der Waals surface area contributed by atoms with Crippen LogP contribution in [0.25, 0.3) is 0 Å². The first-order valence-electron chi connectivity index (χ1n) is 5.53. The van der Waals surface area contributed by atoms with E-state index < -0.39 is 45.2 Å². The number of hydrogen-bond acceptors (Lipinski definition) is 6. The van der Waals surface area contributed by atoms with Gasteiger partial charge in [-0.1, -0.05) is 0 Å². The predicted molar refractivity (Wildman–Crippen MR) is 63.6 cm³/mol. The molecule has 112 valence electrons. The van der Waals surface area contributed by atoms with E-state index in [-0.39, 0.29) is 5.82 Å². The van der Waals surface area contributed by atoms with E-state index in [0.29, 0.717) is 4.57 Å². The maximum absolute atomic E-state index is 13.8. The fraction of sp³-hybridized carbons (Fsp3) is 0.556. The van der Waals surface area contributed by atoms with Crippen LogP contribution in [0.1, 0.15) is 12.6 Å². The van der Waals surface area contributed by atoms with E-state index >= 15 is 0 Å². The van der Waals surface area contributed by atoms with Gasteiger partial charge in [0.15, 0.2) is 0 Å². The lowest BCUT2D eigenvalue weighted by atomic mass is 10.2. The topological polar surface area (TPSA) is 117 Å². The van der Waals surface area contributed by atoms with Crippen molar-refractivity contribution in [2.75, 3.05) is 12.3 Å². The second-order valence-corrected chi connectivity index (χ2v) is 5.02. The number of hydrogen-bond donors (Lipinski definition) is 2. The van der Waals surface area contributed by atoms with Crippen LogP contribution >= 0.6 is 8.25 Å². The number of nitrogen functional groups attached to an aromatic ring is 1. The van der Waals surface area contributed by atoms with Crippen LogP contribution in [0.15, 0.2) is 17.1 Å². The second kappa shape index (κ2) is 5.57. The summed E-state index contributed by atoms with van der Waals surface area (Å²) in [7, 11) is -3.23. The minimum Gasteiger partial charge on any atom is -0.383 e. The lowest BCUT2D eigenvalue weighted by Gasteiger charge is -2.19. The Morgan fingerprint density at radius 3 is 3.00 bits per heavy atom. The summed E-state index contributed by atoms with van der Waals surface area (Å²) in [5, 5.41) is 0. The van der Waals surface area contributed by atoms with Gasteiger partial charge in [-0.15, -0.1) is 0 Å². The third-order valence-electron chi connectivity index (χ3n) is 2.68. The molecule has 2 heterocycles. The van der Waals surface area contributed by atoms with Gasteiger partial charge in [0, 0.05) is 12.6 Å². The molecular weight excluding hydrogens is 299 g/mol. The highest BCUT2D eigenvalue weighted by atomic mass is 31.1. The minimum absolute atomic E-state index is 0.0914. The number of rotatable bonds is 4. The number of aromatic nitrogens is 2. The van der Waals surface area contributed by atoms with E-state index in [4.69, 9.17) is 15.4 Å². The van der Waals surface area contributed by atoms with E-state index in [0.717, 1.165) is 6.20 Å². The van der Waals surface area contributed by atoms with Gasteiger partial charge < -0.3 is 19.9 Å². The van der Waals surface area contributed by atoms with Gasteiger partial charge in [-0.25, -0.2) is 13.6 Å². The average molecular weight is 311 g/mol. The number of nitrogens with two attached hydrogens (primary N) is 1. The van der Waals surface area contributed by atoms with Gasteiger partial charge in [0.1, 0.15) is 5.82 Å². The molecule has 11 heteroatoms. The van der Waals surface area contributed by atoms with Crippen LogP contribution < -0.4 is 11.4 Å². The summed E-state index contributed by atoms with van der Waals surface area (Å²) in [5.41, 5.74) is 4.30. The molecular formula is C9H12F2N3O5P. The Bertz CT molecular complexity index is 581. The van der Waals surface area contributed by atoms with Crippen molar-refractivity contribution in [2.45, 2.75) is 24.7 Å². The summed E-state index contributed by atoms with van der Waals surface area (Å²) < 4.78 is 48.0. The molecule has 0 spiro atoms. The lowest BCUT2D eigenvalue weighted by molar-refractivity contribution is -0.119. The Kier molecular flexibility index (Phi) is 4.19. The standard InChI is InChI=1S/C9H12F2N3O5P/c10-9(11)3-5(4-18-20(16)17)19-7(9)14-2-1-6(12)13-8(14)15/h1-2,5,7,20H,3-4H2,(H,16,17)(H2,12,13,15)/t5-,7+/m0/s1. The van der Waals surface area contributed by atoms with Crippen LogP contribution in [0.2, 0.25) is 0 Å². The molecule has 3 N–H and O–H groups in total. The quantitative estimate of drug-likeness (QED) is 0.760. The van der Waals surface area contributed by atoms with Crippen molar-refractivity contribution in [1.29, 1.82) is 0 Å². The van der Waals surface area contributed by atoms with E-state index in [2.05, 4.69) is 9.51 Å². The fourth-order valence-corrected chi connectivity index (χ4v) is 2.20. The Labute approximate surface area is 112 Å². The predicted octanol–water partition coefficient (Wildman–Crippen LogP) is 0.147. The Balaban J connectivity index is 2.19. The maximum atomic E-state index is 13.8. The monoisotopic (exact) mass is 311 g/mol. The molecule has 1 aliphatic rings. The van der Waals surface area contributed by atoms with Crippen molar-refractivity contribution in [3.63, 3.8) is 0 Å². The van der Waals surface area contributed by atoms with Crippen LogP contribution in [0.3, 0.4) is 0 Å². The van der Waals surface area contributed by atoms with Crippen molar-refractivity contribution in [2.24, 2.45) is 0 Å². The number of nitrogens with zero attached hydrogens (tertiary/aromatic N) is 2. The van der Waals surface area contributed by atoms with Crippen molar-refractivity contribution < 1.29 is 27.5 Å². The first-order chi connectivity index (χ1) is 9.29. The third kappa shape index (κ3) is 3.21. The van der Waals surface area contributed by atoms with Crippen LogP contribution in [0.4, 0.5) is 14.6 Å². The molecule has 0 radical (unpaired) electrons. The third-order valence-corrected chi connectivity index (χ3v) is 3.09. The highest BCUT2D eigenvalue weighted by molar-refractivity contribution is 7.32. The molecule has 3 atom stereocenters. The van der Waals surface area contributed by atoms with E-state index in [1.165, 1.54) is 6.07 Å². The molecule has 1 aliphatic heterocycles. The highest BCUT2D eigenvalue weighted by Crippen LogP contribution is 2.42. The molecule has 20 heavy (non-hydrogen) atoms. The van der Waals surface area contributed by atoms with E-state index in [1.807, 2.05) is 0 Å². The van der Waals surface area contributed by atoms with Crippen molar-refractivity contribution in [1.82, 2.24) is 9.55 Å². The smallest absolute Gasteiger partial charge is 0.351 e. The number of anilines is 1. The van der Waals surface area contributed by atoms with Gasteiger partial charge in [-0.3, -0.25) is 9.13 Å². The molecule has 1 unspecified atom stereocenters. The molecule has 0 saturated carbocycles. The number of ether oxygens (including phenoxy) is 1. The molecule has 0 aromatic carbocycles. The number of alkyl halides is 2. The van der Waals surface area contributed by atoms with Crippen LogP contribution in [-0.4, -0.2) is 33.1 Å². The molecule has 0 aliphatic carbocycles. The maximum Gasteiger partial charge on any atom is 0.351 e. The fourth-order valence-electron chi connectivity index (χ4n) is 1.87. The van der Waals surface area contributed by atoms with Crippen molar-refractivity contribution >= 4 is 14.1 Å². The van der Waals surface area contributed by atoms with Crippen molar-refractivity contribution in [3.05, 3.63) is 22.7 Å². The average Bonchev–Trinajstić information content (AvgIpc) is 2.62. The summed E-state index contributed by atoms with van der Waals surface area (Å²) in [6.07, 6.45) is -2.62. The Morgan fingerprint density at radius 2 is 2.40 bits per heavy atom. The van der Waals surface area contributed by atoms with Crippen LogP contribution in [0, 0.1) is 0 Å². The summed E-state index contributed by atoms with van der Waals surface area (Å²) in [5.74, 6) is -3.42. The molecule has 8 nitrogen and oxygen atoms in total. The zero-order valence-electron chi connectivity index (χ0n) is 10.0. The van der Waals surface area contributed by atoms with Gasteiger partial charge in [-0.2, -0.15) is 4.98 Å².